The minimum absolute atomic E-state index is 0.115. The van der Waals surface area contributed by atoms with Gasteiger partial charge in [-0.1, -0.05) is 12.1 Å². The van der Waals surface area contributed by atoms with Crippen LogP contribution in [0.2, 0.25) is 0 Å². The molecule has 4 nitrogen and oxygen atoms in total. The molecule has 1 aromatic carbocycles. The maximum atomic E-state index is 13.2. The van der Waals surface area contributed by atoms with Crippen LogP contribution in [0, 0.1) is 5.82 Å². The lowest BCUT2D eigenvalue weighted by Gasteiger charge is -2.25. The molecule has 1 aromatic rings. The van der Waals surface area contributed by atoms with Gasteiger partial charge in [0.05, 0.1) is 6.54 Å². The molecule has 0 atom stereocenters. The zero-order valence-electron chi connectivity index (χ0n) is 12.6. The van der Waals surface area contributed by atoms with E-state index in [9.17, 15) is 9.18 Å². The molecule has 0 bridgehead atoms. The largest absolute Gasteiger partial charge is 0.338 e. The molecule has 1 aliphatic rings. The summed E-state index contributed by atoms with van der Waals surface area (Å²) in [5, 5.41) is 3.33. The summed E-state index contributed by atoms with van der Waals surface area (Å²) in [5.41, 5.74) is 0.836. The molecular weight excluding hydrogens is 269 g/mol. The lowest BCUT2D eigenvalue weighted by Crippen LogP contribution is -2.41. The number of halogens is 1. The Morgan fingerprint density at radius 1 is 1.38 bits per heavy atom. The van der Waals surface area contributed by atoms with Crippen LogP contribution in [-0.4, -0.2) is 55.0 Å². The molecule has 5 heteroatoms. The number of benzene rings is 1. The van der Waals surface area contributed by atoms with Crippen molar-refractivity contribution in [3.63, 3.8) is 0 Å². The first kappa shape index (κ1) is 15.9. The third kappa shape index (κ3) is 5.10. The summed E-state index contributed by atoms with van der Waals surface area (Å²) in [5.74, 6) is -0.141. The van der Waals surface area contributed by atoms with Gasteiger partial charge in [-0.05, 0) is 44.1 Å². The monoisotopic (exact) mass is 293 g/mol. The van der Waals surface area contributed by atoms with Gasteiger partial charge < -0.3 is 10.2 Å². The summed E-state index contributed by atoms with van der Waals surface area (Å²) < 4.78 is 13.2. The Kier molecular flexibility index (Phi) is 6.14. The van der Waals surface area contributed by atoms with Crippen molar-refractivity contribution in [2.24, 2.45) is 0 Å². The molecule has 1 heterocycles. The molecule has 0 radical (unpaired) electrons. The molecule has 0 aliphatic carbocycles. The van der Waals surface area contributed by atoms with Crippen molar-refractivity contribution in [3.05, 3.63) is 35.6 Å². The van der Waals surface area contributed by atoms with Gasteiger partial charge in [0.15, 0.2) is 0 Å². The molecule has 0 aromatic heterocycles. The summed E-state index contributed by atoms with van der Waals surface area (Å²) in [6.07, 6.45) is 1.07. The number of carbonyl (C=O) groups excluding carboxylic acids is 1. The molecule has 1 amide bonds. The molecule has 0 unspecified atom stereocenters. The average molecular weight is 293 g/mol. The fraction of sp³-hybridized carbons (Fsp3) is 0.562. The molecule has 1 aliphatic heterocycles. The van der Waals surface area contributed by atoms with Crippen LogP contribution in [0.4, 0.5) is 4.39 Å². The van der Waals surface area contributed by atoms with Crippen molar-refractivity contribution >= 4 is 5.91 Å². The van der Waals surface area contributed by atoms with Crippen molar-refractivity contribution in [2.75, 3.05) is 39.3 Å². The van der Waals surface area contributed by atoms with Crippen LogP contribution in [-0.2, 0) is 11.3 Å². The van der Waals surface area contributed by atoms with Crippen LogP contribution < -0.4 is 5.32 Å². The summed E-state index contributed by atoms with van der Waals surface area (Å²) in [4.78, 5) is 16.4. The molecule has 21 heavy (non-hydrogen) atoms. The van der Waals surface area contributed by atoms with Crippen LogP contribution >= 0.6 is 0 Å². The van der Waals surface area contributed by atoms with E-state index in [2.05, 4.69) is 10.2 Å². The molecule has 116 valence electrons. The van der Waals surface area contributed by atoms with Gasteiger partial charge in [-0.25, -0.2) is 4.39 Å². The van der Waals surface area contributed by atoms with Crippen LogP contribution in [0.1, 0.15) is 18.9 Å². The predicted octanol–water partition coefficient (Wildman–Crippen LogP) is 1.47. The highest BCUT2D eigenvalue weighted by Crippen LogP contribution is 2.08. The van der Waals surface area contributed by atoms with Crippen LogP contribution in [0.25, 0.3) is 0 Å². The third-order valence-corrected chi connectivity index (χ3v) is 3.79. The lowest BCUT2D eigenvalue weighted by atomic mass is 10.2. The Balaban J connectivity index is 1.91. The van der Waals surface area contributed by atoms with E-state index in [1.165, 1.54) is 12.1 Å². The van der Waals surface area contributed by atoms with Crippen LogP contribution in [0.3, 0.4) is 0 Å². The second kappa shape index (κ2) is 8.10. The average Bonchev–Trinajstić information content (AvgIpc) is 2.73. The Hall–Kier alpha value is -1.46. The van der Waals surface area contributed by atoms with Crippen LogP contribution in [0.15, 0.2) is 24.3 Å². The van der Waals surface area contributed by atoms with Gasteiger partial charge in [-0.3, -0.25) is 9.69 Å². The molecule has 0 spiro atoms. The molecular formula is C16H24FN3O. The first-order chi connectivity index (χ1) is 10.2. The highest BCUT2D eigenvalue weighted by atomic mass is 19.1. The Morgan fingerprint density at radius 2 is 2.24 bits per heavy atom. The number of carbonyl (C=O) groups is 1. The van der Waals surface area contributed by atoms with E-state index < -0.39 is 0 Å². The smallest absolute Gasteiger partial charge is 0.237 e. The minimum Gasteiger partial charge on any atom is -0.338 e. The van der Waals surface area contributed by atoms with Gasteiger partial charge in [0, 0.05) is 26.2 Å². The number of rotatable bonds is 5. The standard InChI is InChI=1S/C16H24FN3O/c1-2-20(12-14-5-3-6-15(17)11-14)16(21)13-19-9-4-7-18-8-10-19/h3,5-6,11,18H,2,4,7-10,12-13H2,1H3. The van der Waals surface area contributed by atoms with Gasteiger partial charge in [-0.15, -0.1) is 0 Å². The number of nitrogens with one attached hydrogen (secondary N) is 1. The molecule has 0 saturated carbocycles. The summed E-state index contributed by atoms with van der Waals surface area (Å²) in [7, 11) is 0. The zero-order valence-corrected chi connectivity index (χ0v) is 12.6. The molecule has 1 N–H and O–H groups in total. The Bertz CT molecular complexity index is 459. The predicted molar refractivity (Wildman–Crippen MR) is 81.4 cm³/mol. The van der Waals surface area contributed by atoms with E-state index in [-0.39, 0.29) is 11.7 Å². The lowest BCUT2D eigenvalue weighted by molar-refractivity contribution is -0.132. The quantitative estimate of drug-likeness (QED) is 0.893. The van der Waals surface area contributed by atoms with Crippen molar-refractivity contribution in [1.29, 1.82) is 0 Å². The summed E-state index contributed by atoms with van der Waals surface area (Å²) in [6.45, 7) is 7.33. The first-order valence-corrected chi connectivity index (χ1v) is 7.64. The van der Waals surface area contributed by atoms with Crippen molar-refractivity contribution < 1.29 is 9.18 Å². The highest BCUT2D eigenvalue weighted by Gasteiger charge is 2.17. The van der Waals surface area contributed by atoms with Gasteiger partial charge in [0.1, 0.15) is 5.82 Å². The third-order valence-electron chi connectivity index (χ3n) is 3.79. The number of amides is 1. The number of hydrogen-bond acceptors (Lipinski definition) is 3. The summed E-state index contributed by atoms with van der Waals surface area (Å²) >= 11 is 0. The van der Waals surface area contributed by atoms with E-state index in [1.807, 2.05) is 13.0 Å². The SMILES string of the molecule is CCN(Cc1cccc(F)c1)C(=O)CN1CCCNCC1. The fourth-order valence-corrected chi connectivity index (χ4v) is 2.58. The second-order valence-corrected chi connectivity index (χ2v) is 5.42. The Morgan fingerprint density at radius 3 is 3.00 bits per heavy atom. The topological polar surface area (TPSA) is 35.6 Å². The van der Waals surface area contributed by atoms with E-state index >= 15 is 0 Å². The zero-order chi connectivity index (χ0) is 15.1. The maximum Gasteiger partial charge on any atom is 0.237 e. The molecule has 1 fully saturated rings. The van der Waals surface area contributed by atoms with Crippen molar-refractivity contribution in [1.82, 2.24) is 15.1 Å². The fourth-order valence-electron chi connectivity index (χ4n) is 2.58. The van der Waals surface area contributed by atoms with Gasteiger partial charge in [-0.2, -0.15) is 0 Å². The first-order valence-electron chi connectivity index (χ1n) is 7.64. The minimum atomic E-state index is -0.255. The molecule has 2 rings (SSSR count). The summed E-state index contributed by atoms with van der Waals surface area (Å²) in [6, 6.07) is 6.45. The van der Waals surface area contributed by atoms with Crippen molar-refractivity contribution in [3.8, 4) is 0 Å². The maximum absolute atomic E-state index is 13.2. The van der Waals surface area contributed by atoms with E-state index in [1.54, 1.807) is 11.0 Å². The van der Waals surface area contributed by atoms with E-state index in [4.69, 9.17) is 0 Å². The van der Waals surface area contributed by atoms with Gasteiger partial charge in [0.25, 0.3) is 0 Å². The Labute approximate surface area is 125 Å². The highest BCUT2D eigenvalue weighted by molar-refractivity contribution is 5.78. The van der Waals surface area contributed by atoms with Crippen LogP contribution in [0.5, 0.6) is 0 Å². The molecule has 1 saturated heterocycles. The second-order valence-electron chi connectivity index (χ2n) is 5.42. The van der Waals surface area contributed by atoms with Gasteiger partial charge >= 0.3 is 0 Å². The number of likely N-dealkylation sites (N-methyl/N-ethyl adjacent to an activating group) is 1. The number of hydrogen-bond donors (Lipinski definition) is 1. The van der Waals surface area contributed by atoms with Crippen molar-refractivity contribution in [2.45, 2.75) is 19.9 Å². The van der Waals surface area contributed by atoms with Gasteiger partial charge in [0.2, 0.25) is 5.91 Å². The van der Waals surface area contributed by atoms with E-state index in [0.29, 0.717) is 19.6 Å². The number of nitrogens with zero attached hydrogens (tertiary/aromatic N) is 2. The normalized spacial score (nSPS) is 16.5. The van der Waals surface area contributed by atoms with E-state index in [0.717, 1.165) is 38.2 Å².